The standard InChI is InChI=1S/C13H20N2O2S2/c1-3-5-10-6-8-11(9-7-10)15-19(16,17)12(4-2)13(14)18/h6-9,12,15H,3-5H2,1-2H3,(H2,14,18). The van der Waals surface area contributed by atoms with Crippen LogP contribution < -0.4 is 10.5 Å². The molecule has 0 amide bonds. The molecule has 4 nitrogen and oxygen atoms in total. The number of hydrogen-bond donors (Lipinski definition) is 2. The molecule has 1 rings (SSSR count). The van der Waals surface area contributed by atoms with Crippen LogP contribution in [0.3, 0.4) is 0 Å². The van der Waals surface area contributed by atoms with Crippen LogP contribution >= 0.6 is 12.2 Å². The summed E-state index contributed by atoms with van der Waals surface area (Å²) in [5.74, 6) is 0. The van der Waals surface area contributed by atoms with Gasteiger partial charge < -0.3 is 5.73 Å². The van der Waals surface area contributed by atoms with Gasteiger partial charge in [0.2, 0.25) is 10.0 Å². The zero-order valence-electron chi connectivity index (χ0n) is 11.2. The van der Waals surface area contributed by atoms with Crippen LogP contribution in [0.5, 0.6) is 0 Å². The highest BCUT2D eigenvalue weighted by molar-refractivity contribution is 7.95. The van der Waals surface area contributed by atoms with E-state index < -0.39 is 15.3 Å². The molecule has 0 aliphatic heterocycles. The van der Waals surface area contributed by atoms with Crippen molar-refractivity contribution < 1.29 is 8.42 Å². The lowest BCUT2D eigenvalue weighted by Gasteiger charge is -2.16. The van der Waals surface area contributed by atoms with E-state index in [2.05, 4.69) is 11.6 Å². The molecule has 0 saturated carbocycles. The van der Waals surface area contributed by atoms with Gasteiger partial charge in [-0.3, -0.25) is 4.72 Å². The van der Waals surface area contributed by atoms with Gasteiger partial charge in [-0.15, -0.1) is 0 Å². The van der Waals surface area contributed by atoms with Crippen molar-refractivity contribution in [2.45, 2.75) is 38.4 Å². The van der Waals surface area contributed by atoms with E-state index in [0.29, 0.717) is 12.1 Å². The summed E-state index contributed by atoms with van der Waals surface area (Å²) in [5.41, 5.74) is 7.19. The van der Waals surface area contributed by atoms with Crippen molar-refractivity contribution in [2.75, 3.05) is 4.72 Å². The average molecular weight is 300 g/mol. The topological polar surface area (TPSA) is 72.2 Å². The van der Waals surface area contributed by atoms with Crippen LogP contribution in [-0.4, -0.2) is 18.7 Å². The van der Waals surface area contributed by atoms with Crippen LogP contribution in [0.25, 0.3) is 0 Å². The lowest BCUT2D eigenvalue weighted by atomic mass is 10.1. The summed E-state index contributed by atoms with van der Waals surface area (Å²) in [6.45, 7) is 3.85. The van der Waals surface area contributed by atoms with Gasteiger partial charge in [0.05, 0.1) is 4.99 Å². The van der Waals surface area contributed by atoms with E-state index in [-0.39, 0.29) is 4.99 Å². The third-order valence-corrected chi connectivity index (χ3v) is 5.11. The number of hydrogen-bond acceptors (Lipinski definition) is 3. The number of benzene rings is 1. The molecule has 1 aromatic carbocycles. The first kappa shape index (κ1) is 15.9. The van der Waals surface area contributed by atoms with Crippen molar-refractivity contribution in [3.05, 3.63) is 29.8 Å². The lowest BCUT2D eigenvalue weighted by Crippen LogP contribution is -2.37. The van der Waals surface area contributed by atoms with Crippen LogP contribution in [0, 0.1) is 0 Å². The molecule has 1 aromatic rings. The van der Waals surface area contributed by atoms with Crippen molar-refractivity contribution in [1.82, 2.24) is 0 Å². The zero-order valence-corrected chi connectivity index (χ0v) is 12.9. The van der Waals surface area contributed by atoms with E-state index in [9.17, 15) is 8.42 Å². The summed E-state index contributed by atoms with van der Waals surface area (Å²) in [7, 11) is -3.57. The average Bonchev–Trinajstić information content (AvgIpc) is 2.31. The largest absolute Gasteiger partial charge is 0.392 e. The summed E-state index contributed by atoms with van der Waals surface area (Å²) in [4.78, 5) is -0.00222. The fourth-order valence-corrected chi connectivity index (χ4v) is 3.74. The van der Waals surface area contributed by atoms with E-state index in [1.807, 2.05) is 12.1 Å². The van der Waals surface area contributed by atoms with Gasteiger partial charge in [-0.25, -0.2) is 8.42 Å². The molecule has 0 fully saturated rings. The molecular weight excluding hydrogens is 280 g/mol. The molecule has 0 aromatic heterocycles. The van der Waals surface area contributed by atoms with Gasteiger partial charge in [0, 0.05) is 5.69 Å². The quantitative estimate of drug-likeness (QED) is 0.759. The van der Waals surface area contributed by atoms with E-state index in [4.69, 9.17) is 18.0 Å². The Morgan fingerprint density at radius 3 is 2.32 bits per heavy atom. The summed E-state index contributed by atoms with van der Waals surface area (Å²) in [6, 6.07) is 7.36. The van der Waals surface area contributed by atoms with Crippen molar-refractivity contribution in [3.63, 3.8) is 0 Å². The summed E-state index contributed by atoms with van der Waals surface area (Å²) < 4.78 is 26.7. The van der Waals surface area contributed by atoms with Crippen LogP contribution in [0.2, 0.25) is 0 Å². The smallest absolute Gasteiger partial charge is 0.242 e. The SMILES string of the molecule is CCCc1ccc(NS(=O)(=O)C(CC)C(N)=S)cc1. The Morgan fingerprint density at radius 1 is 1.32 bits per heavy atom. The highest BCUT2D eigenvalue weighted by Gasteiger charge is 2.26. The number of nitrogens with one attached hydrogen (secondary N) is 1. The Bertz CT molecular complexity index is 524. The predicted octanol–water partition coefficient (Wildman–Crippen LogP) is 2.45. The maximum Gasteiger partial charge on any atom is 0.242 e. The highest BCUT2D eigenvalue weighted by Crippen LogP contribution is 2.16. The molecule has 0 aliphatic carbocycles. The molecule has 0 radical (unpaired) electrons. The summed E-state index contributed by atoms with van der Waals surface area (Å²) >= 11 is 4.79. The molecule has 3 N–H and O–H groups in total. The van der Waals surface area contributed by atoms with Crippen LogP contribution in [-0.2, 0) is 16.4 Å². The first-order valence-electron chi connectivity index (χ1n) is 6.30. The predicted molar refractivity (Wildman–Crippen MR) is 83.8 cm³/mol. The minimum atomic E-state index is -3.57. The Balaban J connectivity index is 2.86. The molecule has 6 heteroatoms. The van der Waals surface area contributed by atoms with Gasteiger partial charge in [-0.05, 0) is 30.5 Å². The number of aryl methyl sites for hydroxylation is 1. The van der Waals surface area contributed by atoms with Crippen molar-refractivity contribution in [3.8, 4) is 0 Å². The van der Waals surface area contributed by atoms with E-state index >= 15 is 0 Å². The Hall–Kier alpha value is -1.14. The third kappa shape index (κ3) is 4.47. The molecule has 0 bridgehead atoms. The fourth-order valence-electron chi connectivity index (χ4n) is 1.84. The first-order chi connectivity index (χ1) is 8.90. The summed E-state index contributed by atoms with van der Waals surface area (Å²) in [5, 5.41) is -0.835. The van der Waals surface area contributed by atoms with Gasteiger partial charge in [-0.2, -0.15) is 0 Å². The number of nitrogens with two attached hydrogens (primary N) is 1. The third-order valence-electron chi connectivity index (χ3n) is 2.82. The molecule has 0 heterocycles. The normalized spacial score (nSPS) is 12.9. The molecule has 19 heavy (non-hydrogen) atoms. The second-order valence-electron chi connectivity index (χ2n) is 4.39. The van der Waals surface area contributed by atoms with E-state index in [1.165, 1.54) is 5.56 Å². The van der Waals surface area contributed by atoms with Crippen LogP contribution in [0.15, 0.2) is 24.3 Å². The second-order valence-corrected chi connectivity index (χ2v) is 6.73. The van der Waals surface area contributed by atoms with Crippen LogP contribution in [0.4, 0.5) is 5.69 Å². The van der Waals surface area contributed by atoms with Gasteiger partial charge in [0.1, 0.15) is 5.25 Å². The molecule has 106 valence electrons. The number of thiocarbonyl (C=S) groups is 1. The van der Waals surface area contributed by atoms with Gasteiger partial charge >= 0.3 is 0 Å². The Labute approximate surface area is 120 Å². The highest BCUT2D eigenvalue weighted by atomic mass is 32.2. The molecule has 1 unspecified atom stereocenters. The minimum Gasteiger partial charge on any atom is -0.392 e. The maximum absolute atomic E-state index is 12.1. The van der Waals surface area contributed by atoms with Crippen molar-refractivity contribution in [1.29, 1.82) is 0 Å². The van der Waals surface area contributed by atoms with Gasteiger partial charge in [0.15, 0.2) is 0 Å². The molecular formula is C13H20N2O2S2. The van der Waals surface area contributed by atoms with Crippen molar-refractivity contribution >= 4 is 32.9 Å². The second kappa shape index (κ2) is 6.86. The van der Waals surface area contributed by atoms with Crippen molar-refractivity contribution in [2.24, 2.45) is 5.73 Å². The maximum atomic E-state index is 12.1. The molecule has 1 atom stereocenters. The number of sulfonamides is 1. The van der Waals surface area contributed by atoms with Gasteiger partial charge in [0.25, 0.3) is 0 Å². The number of anilines is 1. The van der Waals surface area contributed by atoms with Gasteiger partial charge in [-0.1, -0.05) is 44.6 Å². The van der Waals surface area contributed by atoms with Crippen LogP contribution in [0.1, 0.15) is 32.3 Å². The minimum absolute atomic E-state index is 0.00222. The summed E-state index contributed by atoms with van der Waals surface area (Å²) in [6.07, 6.45) is 2.40. The first-order valence-corrected chi connectivity index (χ1v) is 8.26. The van der Waals surface area contributed by atoms with E-state index in [0.717, 1.165) is 12.8 Å². The zero-order chi connectivity index (χ0) is 14.5. The Morgan fingerprint density at radius 2 is 1.89 bits per heavy atom. The molecule has 0 aliphatic rings. The van der Waals surface area contributed by atoms with E-state index in [1.54, 1.807) is 19.1 Å². The molecule has 0 spiro atoms. The molecule has 0 saturated heterocycles. The Kier molecular flexibility index (Phi) is 5.75. The number of rotatable bonds is 7. The fraction of sp³-hybridized carbons (Fsp3) is 0.462. The lowest BCUT2D eigenvalue weighted by molar-refractivity contribution is 0.594. The monoisotopic (exact) mass is 300 g/mol.